The first-order chi connectivity index (χ1) is 34.6. The normalized spacial score (nSPS) is 17.5. The number of rotatable bonds is 8. The van der Waals surface area contributed by atoms with Crippen LogP contribution in [0.1, 0.15) is 140 Å². The molecule has 0 aromatic heterocycles. The van der Waals surface area contributed by atoms with Crippen LogP contribution in [-0.2, 0) is 25.7 Å². The highest BCUT2D eigenvalue weighted by Crippen LogP contribution is 2.60. The molecule has 70 heavy (non-hydrogen) atoms. The van der Waals surface area contributed by atoms with Crippen molar-refractivity contribution >= 4 is 0 Å². The van der Waals surface area contributed by atoms with Gasteiger partial charge in [0.25, 0.3) is 0 Å². The van der Waals surface area contributed by atoms with Crippen molar-refractivity contribution in [1.82, 2.24) is 0 Å². The zero-order valence-electron chi connectivity index (χ0n) is 40.1. The van der Waals surface area contributed by atoms with Crippen molar-refractivity contribution in [3.8, 4) is 46.0 Å². The molecule has 4 unspecified atom stereocenters. The molecule has 0 radical (unpaired) electrons. The lowest BCUT2D eigenvalue weighted by atomic mass is 9.66. The van der Waals surface area contributed by atoms with E-state index in [4.69, 9.17) is 18.9 Å². The Morgan fingerprint density at radius 3 is 0.871 bits per heavy atom. The lowest BCUT2D eigenvalue weighted by Crippen LogP contribution is -2.25. The third kappa shape index (κ3) is 6.49. The highest BCUT2D eigenvalue weighted by molar-refractivity contribution is 5.73. The summed E-state index contributed by atoms with van der Waals surface area (Å²) in [7, 11) is 0. The largest absolute Gasteiger partial charge is 0.457 e. The second-order valence-corrected chi connectivity index (χ2v) is 19.1. The molecule has 0 spiro atoms. The zero-order chi connectivity index (χ0) is 47.0. The molecular weight excluding hydrogens is 857 g/mol. The van der Waals surface area contributed by atoms with Crippen LogP contribution in [-0.4, -0.2) is 0 Å². The van der Waals surface area contributed by atoms with Gasteiger partial charge in [-0.25, -0.2) is 0 Å². The minimum absolute atomic E-state index is 0.130. The molecule has 0 saturated heterocycles. The van der Waals surface area contributed by atoms with Crippen LogP contribution in [0.25, 0.3) is 0 Å². The first kappa shape index (κ1) is 42.3. The quantitative estimate of drug-likeness (QED) is 0.152. The summed E-state index contributed by atoms with van der Waals surface area (Å²) in [5.74, 6) is 6.49. The fourth-order valence-electron chi connectivity index (χ4n) is 12.6. The SMILES string of the molecule is CCc1cccc2c1C(c1cc(C3c4ccccc4Oc4cccc(CC)c43)c(C3c4ccccc4Oc4cccc(CC)c43)c(C3c4ccccc4Oc4cccc(CC)c43)c1)c1ccccc1O2. The average molecular weight is 911 g/mol. The molecule has 0 aliphatic carbocycles. The van der Waals surface area contributed by atoms with Crippen molar-refractivity contribution < 1.29 is 18.9 Å². The van der Waals surface area contributed by atoms with Crippen LogP contribution in [0.2, 0.25) is 0 Å². The van der Waals surface area contributed by atoms with Crippen molar-refractivity contribution in [2.45, 2.75) is 77.0 Å². The zero-order valence-corrected chi connectivity index (χ0v) is 40.1. The molecule has 4 nitrogen and oxygen atoms in total. The van der Waals surface area contributed by atoms with E-state index in [2.05, 4.69) is 210 Å². The predicted molar refractivity (Wildman–Crippen MR) is 280 cm³/mol. The molecule has 9 aromatic carbocycles. The van der Waals surface area contributed by atoms with Gasteiger partial charge >= 0.3 is 0 Å². The molecule has 0 amide bonds. The number of benzene rings is 9. The van der Waals surface area contributed by atoms with E-state index in [1.165, 1.54) is 72.3 Å². The van der Waals surface area contributed by atoms with E-state index in [1.54, 1.807) is 0 Å². The first-order valence-electron chi connectivity index (χ1n) is 25.3. The fraction of sp³-hybridized carbons (Fsp3) is 0.182. The minimum atomic E-state index is -0.199. The van der Waals surface area contributed by atoms with E-state index < -0.39 is 0 Å². The lowest BCUT2D eigenvalue weighted by Gasteiger charge is -2.40. The highest BCUT2D eigenvalue weighted by atomic mass is 16.5. The van der Waals surface area contributed by atoms with Crippen molar-refractivity contribution in [3.63, 3.8) is 0 Å². The maximum absolute atomic E-state index is 7.01. The number of aryl methyl sites for hydroxylation is 4. The van der Waals surface area contributed by atoms with Crippen LogP contribution in [0.3, 0.4) is 0 Å². The van der Waals surface area contributed by atoms with Crippen molar-refractivity contribution in [3.05, 3.63) is 271 Å². The molecule has 0 fully saturated rings. The summed E-state index contributed by atoms with van der Waals surface area (Å²) in [6.07, 6.45) is 3.45. The van der Waals surface area contributed by atoms with Crippen LogP contribution in [0, 0.1) is 0 Å². The van der Waals surface area contributed by atoms with Crippen LogP contribution in [0.5, 0.6) is 46.0 Å². The monoisotopic (exact) mass is 910 g/mol. The van der Waals surface area contributed by atoms with E-state index >= 15 is 0 Å². The number of hydrogen-bond acceptors (Lipinski definition) is 4. The van der Waals surface area contributed by atoms with Crippen molar-refractivity contribution in [2.75, 3.05) is 0 Å². The van der Waals surface area contributed by atoms with Crippen LogP contribution in [0.4, 0.5) is 0 Å². The Labute approximate surface area is 411 Å². The molecule has 4 aliphatic rings. The van der Waals surface area contributed by atoms with E-state index in [0.717, 1.165) is 88.4 Å². The molecule has 0 bridgehead atoms. The summed E-state index contributed by atoms with van der Waals surface area (Å²) in [5, 5.41) is 0. The number of para-hydroxylation sites is 4. The third-order valence-electron chi connectivity index (χ3n) is 15.6. The van der Waals surface area contributed by atoms with Crippen molar-refractivity contribution in [2.24, 2.45) is 0 Å². The molecular formula is C66H54O4. The van der Waals surface area contributed by atoms with Gasteiger partial charge in [-0.2, -0.15) is 0 Å². The highest BCUT2D eigenvalue weighted by Gasteiger charge is 2.43. The fourth-order valence-corrected chi connectivity index (χ4v) is 12.6. The maximum Gasteiger partial charge on any atom is 0.131 e. The second-order valence-electron chi connectivity index (χ2n) is 19.1. The maximum atomic E-state index is 7.01. The van der Waals surface area contributed by atoms with Crippen LogP contribution in [0.15, 0.2) is 182 Å². The van der Waals surface area contributed by atoms with Gasteiger partial charge in [0, 0.05) is 68.2 Å². The molecule has 0 saturated carbocycles. The summed E-state index contributed by atoms with van der Waals surface area (Å²) < 4.78 is 27.9. The molecule has 4 heteroatoms. The lowest BCUT2D eigenvalue weighted by molar-refractivity contribution is 0.444. The third-order valence-corrected chi connectivity index (χ3v) is 15.6. The van der Waals surface area contributed by atoms with Gasteiger partial charge in [0.15, 0.2) is 0 Å². The smallest absolute Gasteiger partial charge is 0.131 e. The summed E-state index contributed by atoms with van der Waals surface area (Å²) in [6, 6.07) is 66.7. The van der Waals surface area contributed by atoms with Gasteiger partial charge in [-0.15, -0.1) is 0 Å². The Kier molecular flexibility index (Phi) is 10.3. The van der Waals surface area contributed by atoms with E-state index in [1.807, 2.05) is 0 Å². The number of ether oxygens (including phenoxy) is 4. The molecule has 0 N–H and O–H groups in total. The van der Waals surface area contributed by atoms with Gasteiger partial charge in [-0.1, -0.05) is 161 Å². The molecule has 4 aliphatic heterocycles. The Balaban J connectivity index is 1.26. The minimum Gasteiger partial charge on any atom is -0.457 e. The van der Waals surface area contributed by atoms with E-state index in [0.29, 0.717) is 0 Å². The number of hydrogen-bond donors (Lipinski definition) is 0. The summed E-state index contributed by atoms with van der Waals surface area (Å²) in [5.41, 5.74) is 19.7. The Bertz CT molecular complexity index is 3420. The van der Waals surface area contributed by atoms with Crippen LogP contribution >= 0.6 is 0 Å². The van der Waals surface area contributed by atoms with Gasteiger partial charge in [0.2, 0.25) is 0 Å². The second kappa shape index (κ2) is 17.0. The number of fused-ring (bicyclic) bond motifs is 8. The van der Waals surface area contributed by atoms with Gasteiger partial charge in [0.1, 0.15) is 46.0 Å². The molecule has 9 aromatic rings. The standard InChI is InChI=1S/C66H54O4/c1-5-39-21-17-33-54-59(39)58(44-25-9-13-29-50(44)67-54)43-37-48(63-45-26-10-14-30-51(45)68-55-34-18-22-40(6-2)60(55)63)65(66-47-28-12-16-32-53(47)70-57-36-20-24-42(8-4)62(57)66)49(38-43)64-46-27-11-15-31-52(46)69-56-35-19-23-41(7-3)61(56)64/h9-38,58,63-64,66H,5-8H2,1-4H3. The summed E-state index contributed by atoms with van der Waals surface area (Å²) in [4.78, 5) is 0. The predicted octanol–water partition coefficient (Wildman–Crippen LogP) is 17.1. The van der Waals surface area contributed by atoms with Crippen LogP contribution < -0.4 is 18.9 Å². The summed E-state index contributed by atoms with van der Waals surface area (Å²) >= 11 is 0. The molecule has 4 atom stereocenters. The Morgan fingerprint density at radius 1 is 0.257 bits per heavy atom. The molecule has 342 valence electrons. The van der Waals surface area contributed by atoms with E-state index in [-0.39, 0.29) is 23.7 Å². The van der Waals surface area contributed by atoms with E-state index in [9.17, 15) is 0 Å². The van der Waals surface area contributed by atoms with Crippen molar-refractivity contribution in [1.29, 1.82) is 0 Å². The van der Waals surface area contributed by atoms with Gasteiger partial charge in [-0.3, -0.25) is 0 Å². The van der Waals surface area contributed by atoms with Gasteiger partial charge < -0.3 is 18.9 Å². The topological polar surface area (TPSA) is 36.9 Å². The summed E-state index contributed by atoms with van der Waals surface area (Å²) in [6.45, 7) is 9.10. The first-order valence-corrected chi connectivity index (χ1v) is 25.3. The van der Waals surface area contributed by atoms with Gasteiger partial charge in [0.05, 0.1) is 0 Å². The molecule has 13 rings (SSSR count). The average Bonchev–Trinajstić information content (AvgIpc) is 3.41. The Hall–Kier alpha value is -7.82. The Morgan fingerprint density at radius 2 is 0.529 bits per heavy atom. The van der Waals surface area contributed by atoms with Gasteiger partial charge in [-0.05, 0) is 119 Å². The molecule has 4 heterocycles.